The number of imidazole rings is 1. The number of ether oxygens (including phenoxy) is 1. The van der Waals surface area contributed by atoms with Crippen LogP contribution in [0.5, 0.6) is 5.75 Å². The lowest BCUT2D eigenvalue weighted by Crippen LogP contribution is -1.94. The third-order valence-corrected chi connectivity index (χ3v) is 2.79. The summed E-state index contributed by atoms with van der Waals surface area (Å²) in [4.78, 5) is 7.35. The van der Waals surface area contributed by atoms with Gasteiger partial charge in [-0.15, -0.1) is 11.6 Å². The van der Waals surface area contributed by atoms with Crippen LogP contribution in [0.4, 0.5) is 0 Å². The highest BCUT2D eigenvalue weighted by Gasteiger charge is 2.05. The van der Waals surface area contributed by atoms with Crippen LogP contribution >= 0.6 is 11.6 Å². The quantitative estimate of drug-likeness (QED) is 0.843. The molecule has 1 aromatic carbocycles. The second-order valence-corrected chi connectivity index (χ2v) is 4.06. The molecule has 1 aromatic heterocycles. The fraction of sp³-hybridized carbons (Fsp3) is 0.308. The second-order valence-electron chi connectivity index (χ2n) is 3.79. The fourth-order valence-corrected chi connectivity index (χ4v) is 1.85. The number of aryl methyl sites for hydroxylation is 1. The number of halogens is 1. The summed E-state index contributed by atoms with van der Waals surface area (Å²) in [7, 11) is 0. The lowest BCUT2D eigenvalue weighted by Gasteiger charge is -2.08. The van der Waals surface area contributed by atoms with Crippen molar-refractivity contribution in [2.45, 2.75) is 19.7 Å². The summed E-state index contributed by atoms with van der Waals surface area (Å²) < 4.78 is 5.51. The van der Waals surface area contributed by atoms with Crippen molar-refractivity contribution in [1.29, 1.82) is 0 Å². The summed E-state index contributed by atoms with van der Waals surface area (Å²) in [5.74, 6) is 2.11. The largest absolute Gasteiger partial charge is 0.494 e. The monoisotopic (exact) mass is 250 g/mol. The van der Waals surface area contributed by atoms with Crippen molar-refractivity contribution in [1.82, 2.24) is 9.97 Å². The molecule has 0 atom stereocenters. The molecule has 0 unspecified atom stereocenters. The first-order valence-electron chi connectivity index (χ1n) is 5.58. The van der Waals surface area contributed by atoms with E-state index in [1.807, 2.05) is 26.0 Å². The SMILES string of the molecule is CCOc1ccc(-c2cnc(CCl)[nH]2)cc1C. The van der Waals surface area contributed by atoms with Gasteiger partial charge in [0, 0.05) is 5.56 Å². The Bertz CT molecular complexity index is 508. The van der Waals surface area contributed by atoms with Crippen LogP contribution in [-0.2, 0) is 5.88 Å². The van der Waals surface area contributed by atoms with E-state index in [2.05, 4.69) is 16.0 Å². The third kappa shape index (κ3) is 2.61. The standard InChI is InChI=1S/C13H15ClN2O/c1-3-17-12-5-4-10(6-9(12)2)11-8-15-13(7-14)16-11/h4-6,8H,3,7H2,1-2H3,(H,15,16). The fourth-order valence-electron chi connectivity index (χ4n) is 1.71. The molecule has 0 fully saturated rings. The van der Waals surface area contributed by atoms with Gasteiger partial charge in [0.05, 0.1) is 24.4 Å². The van der Waals surface area contributed by atoms with Crippen LogP contribution < -0.4 is 4.74 Å². The van der Waals surface area contributed by atoms with Gasteiger partial charge in [-0.25, -0.2) is 4.98 Å². The van der Waals surface area contributed by atoms with Crippen molar-refractivity contribution >= 4 is 11.6 Å². The molecule has 0 amide bonds. The predicted octanol–water partition coefficient (Wildman–Crippen LogP) is 3.52. The van der Waals surface area contributed by atoms with Gasteiger partial charge in [-0.2, -0.15) is 0 Å². The van der Waals surface area contributed by atoms with Crippen LogP contribution in [0.2, 0.25) is 0 Å². The molecule has 0 saturated carbocycles. The minimum absolute atomic E-state index is 0.399. The number of nitrogens with one attached hydrogen (secondary N) is 1. The van der Waals surface area contributed by atoms with Crippen LogP contribution in [0.25, 0.3) is 11.3 Å². The Hall–Kier alpha value is -1.48. The average molecular weight is 251 g/mol. The van der Waals surface area contributed by atoms with Gasteiger partial charge in [0.1, 0.15) is 11.6 Å². The molecule has 0 saturated heterocycles. The Morgan fingerprint density at radius 2 is 2.24 bits per heavy atom. The first-order chi connectivity index (χ1) is 8.24. The number of benzene rings is 1. The maximum atomic E-state index is 5.71. The normalized spacial score (nSPS) is 10.5. The number of rotatable bonds is 4. The molecule has 0 spiro atoms. The van der Waals surface area contributed by atoms with Crippen LogP contribution in [-0.4, -0.2) is 16.6 Å². The summed E-state index contributed by atoms with van der Waals surface area (Å²) in [6, 6.07) is 6.08. The zero-order valence-corrected chi connectivity index (χ0v) is 10.7. The maximum absolute atomic E-state index is 5.71. The van der Waals surface area contributed by atoms with Crippen LogP contribution in [0, 0.1) is 6.92 Å². The molecule has 0 aliphatic carbocycles. The molecule has 0 bridgehead atoms. The third-order valence-electron chi connectivity index (χ3n) is 2.54. The Balaban J connectivity index is 2.30. The molecule has 1 N–H and O–H groups in total. The molecular formula is C13H15ClN2O. The lowest BCUT2D eigenvalue weighted by molar-refractivity contribution is 0.338. The minimum Gasteiger partial charge on any atom is -0.494 e. The van der Waals surface area contributed by atoms with E-state index in [0.29, 0.717) is 12.5 Å². The first kappa shape index (κ1) is 12.0. The molecule has 1 heterocycles. The van der Waals surface area contributed by atoms with Gasteiger partial charge in [0.15, 0.2) is 0 Å². The second kappa shape index (κ2) is 5.23. The Labute approximate surface area is 106 Å². The highest BCUT2D eigenvalue weighted by atomic mass is 35.5. The van der Waals surface area contributed by atoms with Crippen LogP contribution in [0.3, 0.4) is 0 Å². The van der Waals surface area contributed by atoms with E-state index in [4.69, 9.17) is 16.3 Å². The molecule has 4 heteroatoms. The summed E-state index contributed by atoms with van der Waals surface area (Å²) >= 11 is 5.71. The van der Waals surface area contributed by atoms with Gasteiger partial charge < -0.3 is 9.72 Å². The van der Waals surface area contributed by atoms with Gasteiger partial charge in [-0.3, -0.25) is 0 Å². The van der Waals surface area contributed by atoms with Crippen LogP contribution in [0.1, 0.15) is 18.3 Å². The number of hydrogen-bond donors (Lipinski definition) is 1. The van der Waals surface area contributed by atoms with Crippen molar-refractivity contribution in [3.63, 3.8) is 0 Å². The smallest absolute Gasteiger partial charge is 0.122 e. The highest BCUT2D eigenvalue weighted by Crippen LogP contribution is 2.25. The van der Waals surface area contributed by atoms with Crippen molar-refractivity contribution in [2.24, 2.45) is 0 Å². The predicted molar refractivity (Wildman–Crippen MR) is 69.5 cm³/mol. The number of nitrogens with zero attached hydrogens (tertiary/aromatic N) is 1. The minimum atomic E-state index is 0.399. The van der Waals surface area contributed by atoms with E-state index in [-0.39, 0.29) is 0 Å². The number of alkyl halides is 1. The van der Waals surface area contributed by atoms with Crippen molar-refractivity contribution in [3.05, 3.63) is 35.8 Å². The van der Waals surface area contributed by atoms with E-state index in [1.165, 1.54) is 0 Å². The van der Waals surface area contributed by atoms with Crippen molar-refractivity contribution < 1.29 is 4.74 Å². The van der Waals surface area contributed by atoms with E-state index in [1.54, 1.807) is 6.20 Å². The zero-order valence-electron chi connectivity index (χ0n) is 9.96. The topological polar surface area (TPSA) is 37.9 Å². The Kier molecular flexibility index (Phi) is 3.69. The zero-order chi connectivity index (χ0) is 12.3. The van der Waals surface area contributed by atoms with E-state index in [9.17, 15) is 0 Å². The van der Waals surface area contributed by atoms with Crippen LogP contribution in [0.15, 0.2) is 24.4 Å². The molecule has 0 aliphatic heterocycles. The van der Waals surface area contributed by atoms with Gasteiger partial charge in [-0.1, -0.05) is 0 Å². The maximum Gasteiger partial charge on any atom is 0.122 e. The molecule has 2 aromatic rings. The summed E-state index contributed by atoms with van der Waals surface area (Å²) in [6.07, 6.45) is 1.80. The molecule has 17 heavy (non-hydrogen) atoms. The molecule has 90 valence electrons. The lowest BCUT2D eigenvalue weighted by atomic mass is 10.1. The summed E-state index contributed by atoms with van der Waals surface area (Å²) in [6.45, 7) is 4.70. The van der Waals surface area contributed by atoms with E-state index >= 15 is 0 Å². The van der Waals surface area contributed by atoms with Gasteiger partial charge in [0.2, 0.25) is 0 Å². The van der Waals surface area contributed by atoms with Crippen molar-refractivity contribution in [2.75, 3.05) is 6.61 Å². The molecule has 3 nitrogen and oxygen atoms in total. The van der Waals surface area contributed by atoms with Crippen molar-refractivity contribution in [3.8, 4) is 17.0 Å². The summed E-state index contributed by atoms with van der Waals surface area (Å²) in [5, 5.41) is 0. The molecule has 2 rings (SSSR count). The van der Waals surface area contributed by atoms with Gasteiger partial charge in [0.25, 0.3) is 0 Å². The number of H-pyrrole nitrogens is 1. The van der Waals surface area contributed by atoms with Gasteiger partial charge in [-0.05, 0) is 37.6 Å². The molecular weight excluding hydrogens is 236 g/mol. The molecule has 0 aliphatic rings. The first-order valence-corrected chi connectivity index (χ1v) is 6.11. The summed E-state index contributed by atoms with van der Waals surface area (Å²) in [5.41, 5.74) is 3.19. The Morgan fingerprint density at radius 3 is 2.82 bits per heavy atom. The van der Waals surface area contributed by atoms with E-state index in [0.717, 1.165) is 28.4 Å². The number of aromatic nitrogens is 2. The van der Waals surface area contributed by atoms with E-state index < -0.39 is 0 Å². The highest BCUT2D eigenvalue weighted by molar-refractivity contribution is 6.16. The average Bonchev–Trinajstić information content (AvgIpc) is 2.80. The van der Waals surface area contributed by atoms with Gasteiger partial charge >= 0.3 is 0 Å². The Morgan fingerprint density at radius 1 is 1.41 bits per heavy atom. The number of aromatic amines is 1. The number of hydrogen-bond acceptors (Lipinski definition) is 2. The molecule has 0 radical (unpaired) electrons.